The van der Waals surface area contributed by atoms with E-state index in [-0.39, 0.29) is 0 Å². The van der Waals surface area contributed by atoms with Gasteiger partial charge in [-0.15, -0.1) is 0 Å². The maximum absolute atomic E-state index is 10.3. The smallest absolute Gasteiger partial charge is 0.0991 e. The van der Waals surface area contributed by atoms with E-state index >= 15 is 0 Å². The van der Waals surface area contributed by atoms with Gasteiger partial charge >= 0.3 is 0 Å². The summed E-state index contributed by atoms with van der Waals surface area (Å²) in [7, 11) is 0. The molecule has 0 heterocycles. The van der Waals surface area contributed by atoms with E-state index in [0.29, 0.717) is 10.6 Å². The van der Waals surface area contributed by atoms with Gasteiger partial charge in [0, 0.05) is 10.6 Å². The molecule has 0 saturated heterocycles. The van der Waals surface area contributed by atoms with Gasteiger partial charge < -0.3 is 0 Å². The van der Waals surface area contributed by atoms with Gasteiger partial charge in [0.25, 0.3) is 0 Å². The summed E-state index contributed by atoms with van der Waals surface area (Å²) in [6.07, 6.45) is 0. The van der Waals surface area contributed by atoms with Crippen molar-refractivity contribution in [3.63, 3.8) is 0 Å². The van der Waals surface area contributed by atoms with E-state index in [1.807, 2.05) is 18.2 Å². The van der Waals surface area contributed by atoms with Gasteiger partial charge in [0.15, 0.2) is 0 Å². The van der Waals surface area contributed by atoms with E-state index in [1.165, 1.54) is 38.9 Å². The molecule has 0 aromatic heterocycles. The van der Waals surface area contributed by atoms with E-state index in [1.54, 1.807) is 0 Å². The van der Waals surface area contributed by atoms with E-state index in [0.717, 1.165) is 27.8 Å². The zero-order valence-corrected chi connectivity index (χ0v) is 22.3. The van der Waals surface area contributed by atoms with Crippen LogP contribution in [-0.2, 0) is 5.41 Å². The Morgan fingerprint density at radius 1 is 0.450 bits per heavy atom. The van der Waals surface area contributed by atoms with Crippen LogP contribution in [0.15, 0.2) is 133 Å². The maximum atomic E-state index is 10.3. The molecular weight excluding hydrogens is 506 g/mol. The molecule has 0 saturated carbocycles. The van der Waals surface area contributed by atoms with Crippen LogP contribution in [0.5, 0.6) is 0 Å². The molecule has 0 radical (unpaired) electrons. The van der Waals surface area contributed by atoms with Crippen molar-refractivity contribution in [2.45, 2.75) is 5.41 Å². The van der Waals surface area contributed by atoms with Crippen molar-refractivity contribution in [3.05, 3.63) is 166 Å². The minimum atomic E-state index is -0.500. The number of fused-ring (bicyclic) bond motifs is 10. The molecule has 186 valence electrons. The van der Waals surface area contributed by atoms with Crippen LogP contribution in [-0.4, -0.2) is 0 Å². The Bertz CT molecular complexity index is 2000. The number of benzene rings is 6. The standard InChI is InChI=1S/C38H22ClN/c39-36-20-10-6-15-29(36)25-11-1-2-12-26(25)31-21-24(23-40)22-35-37(31)30-16-5-9-19-34(30)38(35)32-17-7-3-13-27(32)28-14-4-8-18-33(28)38/h1-22H. The Hall–Kier alpha value is -4.90. The van der Waals surface area contributed by atoms with E-state index in [4.69, 9.17) is 11.6 Å². The molecule has 0 amide bonds. The summed E-state index contributed by atoms with van der Waals surface area (Å²) in [5, 5.41) is 11.0. The van der Waals surface area contributed by atoms with Gasteiger partial charge in [0.2, 0.25) is 0 Å². The summed E-state index contributed by atoms with van der Waals surface area (Å²) >= 11 is 6.73. The van der Waals surface area contributed by atoms with Crippen LogP contribution in [0.3, 0.4) is 0 Å². The molecule has 1 nitrogen and oxygen atoms in total. The van der Waals surface area contributed by atoms with Crippen LogP contribution in [0, 0.1) is 11.3 Å². The van der Waals surface area contributed by atoms with Crippen molar-refractivity contribution in [1.82, 2.24) is 0 Å². The first-order valence-corrected chi connectivity index (χ1v) is 13.8. The number of hydrogen-bond acceptors (Lipinski definition) is 1. The van der Waals surface area contributed by atoms with Gasteiger partial charge in [-0.3, -0.25) is 0 Å². The summed E-state index contributed by atoms with van der Waals surface area (Å²) in [4.78, 5) is 0. The first-order valence-electron chi connectivity index (χ1n) is 13.5. The summed E-state index contributed by atoms with van der Waals surface area (Å²) in [6, 6.07) is 49.3. The summed E-state index contributed by atoms with van der Waals surface area (Å²) in [5.41, 5.74) is 14.1. The molecule has 6 aromatic carbocycles. The Balaban J connectivity index is 1.54. The Kier molecular flexibility index (Phi) is 4.92. The lowest BCUT2D eigenvalue weighted by Crippen LogP contribution is -2.26. The number of nitrogens with zero attached hydrogens (tertiary/aromatic N) is 1. The number of nitriles is 1. The summed E-state index contributed by atoms with van der Waals surface area (Å²) in [5.74, 6) is 0. The van der Waals surface area contributed by atoms with Gasteiger partial charge in [-0.2, -0.15) is 5.26 Å². The highest BCUT2D eigenvalue weighted by Crippen LogP contribution is 2.64. The second-order valence-corrected chi connectivity index (χ2v) is 10.9. The van der Waals surface area contributed by atoms with Crippen molar-refractivity contribution in [1.29, 1.82) is 5.26 Å². The largest absolute Gasteiger partial charge is 0.192 e. The fourth-order valence-electron chi connectivity index (χ4n) is 7.13. The highest BCUT2D eigenvalue weighted by molar-refractivity contribution is 6.33. The quantitative estimate of drug-likeness (QED) is 0.219. The van der Waals surface area contributed by atoms with Crippen molar-refractivity contribution >= 4 is 11.6 Å². The van der Waals surface area contributed by atoms with Crippen LogP contribution >= 0.6 is 11.6 Å². The molecule has 0 atom stereocenters. The van der Waals surface area contributed by atoms with Gasteiger partial charge in [-0.1, -0.05) is 127 Å². The van der Waals surface area contributed by atoms with Gasteiger partial charge in [0.05, 0.1) is 17.0 Å². The number of rotatable bonds is 2. The molecule has 6 aromatic rings. The molecule has 2 aliphatic rings. The maximum Gasteiger partial charge on any atom is 0.0991 e. The van der Waals surface area contributed by atoms with Gasteiger partial charge in [0.1, 0.15) is 0 Å². The van der Waals surface area contributed by atoms with Crippen LogP contribution in [0.25, 0.3) is 44.5 Å². The molecule has 0 bridgehead atoms. The Labute approximate surface area is 238 Å². The molecule has 2 heteroatoms. The van der Waals surface area contributed by atoms with Crippen LogP contribution < -0.4 is 0 Å². The lowest BCUT2D eigenvalue weighted by atomic mass is 9.70. The minimum Gasteiger partial charge on any atom is -0.192 e. The monoisotopic (exact) mass is 527 g/mol. The Morgan fingerprint density at radius 3 is 1.48 bits per heavy atom. The topological polar surface area (TPSA) is 23.8 Å². The molecule has 0 fully saturated rings. The summed E-state index contributed by atoms with van der Waals surface area (Å²) in [6.45, 7) is 0. The second kappa shape index (κ2) is 8.55. The average molecular weight is 528 g/mol. The third-order valence-electron chi connectivity index (χ3n) is 8.61. The Morgan fingerprint density at radius 2 is 0.900 bits per heavy atom. The first-order chi connectivity index (χ1) is 19.7. The lowest BCUT2D eigenvalue weighted by molar-refractivity contribution is 0.793. The first kappa shape index (κ1) is 23.0. The van der Waals surface area contributed by atoms with E-state index in [2.05, 4.69) is 121 Å². The van der Waals surface area contributed by atoms with Crippen molar-refractivity contribution < 1.29 is 0 Å². The predicted octanol–water partition coefficient (Wildman–Crippen LogP) is 9.89. The highest BCUT2D eigenvalue weighted by atomic mass is 35.5. The SMILES string of the molecule is N#Cc1cc(-c2ccccc2-c2ccccc2Cl)c2c(c1)C1(c3ccccc3-c3ccccc31)c1ccccc1-2. The lowest BCUT2D eigenvalue weighted by Gasteiger charge is -2.30. The van der Waals surface area contributed by atoms with Gasteiger partial charge in [-0.05, 0) is 79.4 Å². The molecule has 0 aliphatic heterocycles. The third-order valence-corrected chi connectivity index (χ3v) is 8.94. The van der Waals surface area contributed by atoms with Crippen molar-refractivity contribution in [3.8, 4) is 50.6 Å². The molecule has 8 rings (SSSR count). The highest BCUT2D eigenvalue weighted by Gasteiger charge is 2.52. The van der Waals surface area contributed by atoms with Crippen molar-refractivity contribution in [2.75, 3.05) is 0 Å². The molecule has 40 heavy (non-hydrogen) atoms. The zero-order chi connectivity index (χ0) is 26.8. The van der Waals surface area contributed by atoms with E-state index in [9.17, 15) is 5.26 Å². The molecule has 1 spiro atoms. The molecule has 2 aliphatic carbocycles. The average Bonchev–Trinajstić information content (AvgIpc) is 3.48. The summed E-state index contributed by atoms with van der Waals surface area (Å²) < 4.78 is 0. The normalized spacial score (nSPS) is 13.3. The zero-order valence-electron chi connectivity index (χ0n) is 21.5. The third kappa shape index (κ3) is 2.92. The minimum absolute atomic E-state index is 0.500. The number of hydrogen-bond donors (Lipinski definition) is 0. The molecular formula is C38H22ClN. The predicted molar refractivity (Wildman–Crippen MR) is 163 cm³/mol. The van der Waals surface area contributed by atoms with Crippen LogP contribution in [0.1, 0.15) is 27.8 Å². The van der Waals surface area contributed by atoms with Gasteiger partial charge in [-0.25, -0.2) is 0 Å². The second-order valence-electron chi connectivity index (χ2n) is 10.5. The molecule has 0 N–H and O–H groups in total. The fraction of sp³-hybridized carbons (Fsp3) is 0.0263. The molecule has 0 unspecified atom stereocenters. The van der Waals surface area contributed by atoms with Crippen LogP contribution in [0.2, 0.25) is 5.02 Å². The van der Waals surface area contributed by atoms with Crippen molar-refractivity contribution in [2.24, 2.45) is 0 Å². The van der Waals surface area contributed by atoms with E-state index < -0.39 is 5.41 Å². The fourth-order valence-corrected chi connectivity index (χ4v) is 7.36. The number of halogens is 1. The van der Waals surface area contributed by atoms with Crippen LogP contribution in [0.4, 0.5) is 0 Å².